The van der Waals surface area contributed by atoms with Crippen LogP contribution in [-0.2, 0) is 34.5 Å². The van der Waals surface area contributed by atoms with Crippen LogP contribution in [0, 0.1) is 0 Å². The maximum atomic E-state index is 13.3. The highest BCUT2D eigenvalue weighted by atomic mass is 35.5. The first-order valence-corrected chi connectivity index (χ1v) is 14.4. The molecule has 1 unspecified atom stereocenters. The molecule has 3 aliphatic heterocycles. The highest BCUT2D eigenvalue weighted by Crippen LogP contribution is 2.49. The van der Waals surface area contributed by atoms with Crippen molar-refractivity contribution in [3.05, 3.63) is 81.0 Å². The third-order valence-electron chi connectivity index (χ3n) is 9.14. The Labute approximate surface area is 239 Å². The lowest BCUT2D eigenvalue weighted by Gasteiger charge is -2.40. The third-order valence-corrected chi connectivity index (χ3v) is 9.39. The number of likely N-dealkylation sites (tertiary alicyclic amines) is 1. The number of rotatable bonds is 6. The molecule has 6 rings (SSSR count). The van der Waals surface area contributed by atoms with E-state index in [4.69, 9.17) is 17.3 Å². The molecule has 0 radical (unpaired) electrons. The number of hydrogen-bond donors (Lipinski definition) is 2. The van der Waals surface area contributed by atoms with Crippen LogP contribution in [0.1, 0.15) is 64.7 Å². The van der Waals surface area contributed by atoms with Crippen LogP contribution < -0.4 is 11.1 Å². The van der Waals surface area contributed by atoms with Gasteiger partial charge in [0, 0.05) is 36.3 Å². The Morgan fingerprint density at radius 3 is 2.55 bits per heavy atom. The molecule has 9 heteroatoms. The molecule has 0 saturated carbocycles. The number of fused-ring (bicyclic) bond motifs is 4. The molecule has 1 aliphatic carbocycles. The van der Waals surface area contributed by atoms with Crippen molar-refractivity contribution in [1.82, 2.24) is 15.1 Å². The number of halogens is 1. The van der Waals surface area contributed by atoms with E-state index in [0.717, 1.165) is 67.0 Å². The first-order chi connectivity index (χ1) is 19.4. The van der Waals surface area contributed by atoms with Crippen LogP contribution in [0.5, 0.6) is 0 Å². The molecule has 40 heavy (non-hydrogen) atoms. The van der Waals surface area contributed by atoms with Crippen molar-refractivity contribution in [3.63, 3.8) is 0 Å². The fourth-order valence-corrected chi connectivity index (χ4v) is 7.02. The number of piperidine rings is 2. The second-order valence-corrected chi connectivity index (χ2v) is 11.8. The second-order valence-electron chi connectivity index (χ2n) is 11.4. The molecule has 1 atom stereocenters. The average molecular weight is 560 g/mol. The predicted octanol–water partition coefficient (Wildman–Crippen LogP) is 3.49. The van der Waals surface area contributed by atoms with Crippen LogP contribution >= 0.6 is 11.6 Å². The Kier molecular flexibility index (Phi) is 7.23. The Morgan fingerprint density at radius 2 is 1.82 bits per heavy atom. The molecule has 2 aromatic rings. The van der Waals surface area contributed by atoms with Gasteiger partial charge in [-0.15, -0.1) is 0 Å². The van der Waals surface area contributed by atoms with Crippen LogP contribution in [0.4, 0.5) is 0 Å². The van der Waals surface area contributed by atoms with Gasteiger partial charge < -0.3 is 10.6 Å². The van der Waals surface area contributed by atoms with Crippen LogP contribution in [0.15, 0.2) is 53.2 Å². The van der Waals surface area contributed by atoms with Crippen LogP contribution in [0.25, 0.3) is 0 Å². The van der Waals surface area contributed by atoms with E-state index in [9.17, 15) is 14.4 Å². The van der Waals surface area contributed by atoms with E-state index in [0.29, 0.717) is 25.1 Å². The smallest absolute Gasteiger partial charge is 0.255 e. The topological polar surface area (TPSA) is 108 Å². The van der Waals surface area contributed by atoms with Crippen LogP contribution in [-0.4, -0.2) is 59.4 Å². The van der Waals surface area contributed by atoms with Crippen LogP contribution in [0.3, 0.4) is 0 Å². The van der Waals surface area contributed by atoms with Crippen molar-refractivity contribution in [1.29, 1.82) is 0 Å². The summed E-state index contributed by atoms with van der Waals surface area (Å²) < 4.78 is 0. The summed E-state index contributed by atoms with van der Waals surface area (Å²) in [7, 11) is 0. The predicted molar refractivity (Wildman–Crippen MR) is 154 cm³/mol. The van der Waals surface area contributed by atoms with Crippen molar-refractivity contribution in [2.24, 2.45) is 10.7 Å². The fraction of sp³-hybridized carbons (Fsp3) is 0.419. The maximum absolute atomic E-state index is 13.3. The minimum Gasteiger partial charge on any atom is -0.404 e. The van der Waals surface area contributed by atoms with Gasteiger partial charge in [-0.05, 0) is 103 Å². The van der Waals surface area contributed by atoms with E-state index in [1.807, 2.05) is 36.5 Å². The highest BCUT2D eigenvalue weighted by Gasteiger charge is 2.46. The van der Waals surface area contributed by atoms with Crippen molar-refractivity contribution < 1.29 is 14.4 Å². The number of carbonyl (C=O) groups excluding carboxylic acids is 3. The number of nitrogens with two attached hydrogens (primary N) is 1. The van der Waals surface area contributed by atoms with Crippen molar-refractivity contribution in [2.45, 2.75) is 63.1 Å². The molecule has 2 aromatic carbocycles. The molecule has 3 amide bonds. The van der Waals surface area contributed by atoms with E-state index >= 15 is 0 Å². The minimum atomic E-state index is -0.577. The summed E-state index contributed by atoms with van der Waals surface area (Å²) in [5.41, 5.74) is 12.6. The van der Waals surface area contributed by atoms with E-state index in [2.05, 4.69) is 21.3 Å². The van der Waals surface area contributed by atoms with E-state index < -0.39 is 6.04 Å². The monoisotopic (exact) mass is 559 g/mol. The average Bonchev–Trinajstić information content (AvgIpc) is 3.48. The van der Waals surface area contributed by atoms with Gasteiger partial charge in [-0.1, -0.05) is 29.8 Å². The molecular weight excluding hydrogens is 526 g/mol. The zero-order valence-corrected chi connectivity index (χ0v) is 23.3. The summed E-state index contributed by atoms with van der Waals surface area (Å²) in [6.45, 7) is 3.75. The zero-order chi connectivity index (χ0) is 27.9. The summed E-state index contributed by atoms with van der Waals surface area (Å²) in [5.74, 6) is -0.723. The molecule has 0 bridgehead atoms. The summed E-state index contributed by atoms with van der Waals surface area (Å²) in [4.78, 5) is 46.0. The lowest BCUT2D eigenvalue weighted by Crippen LogP contribution is -2.52. The summed E-state index contributed by atoms with van der Waals surface area (Å²) in [5, 5.41) is 3.11. The molecule has 1 spiro atoms. The molecule has 8 nitrogen and oxygen atoms in total. The van der Waals surface area contributed by atoms with E-state index in [1.165, 1.54) is 11.1 Å². The Morgan fingerprint density at radius 1 is 1.05 bits per heavy atom. The highest BCUT2D eigenvalue weighted by molar-refractivity contribution is 6.30. The van der Waals surface area contributed by atoms with Gasteiger partial charge in [0.2, 0.25) is 11.8 Å². The largest absolute Gasteiger partial charge is 0.404 e. The Hall–Kier alpha value is -3.49. The molecule has 0 aromatic heterocycles. The lowest BCUT2D eigenvalue weighted by atomic mass is 9.73. The second kappa shape index (κ2) is 10.8. The molecule has 2 fully saturated rings. The number of amides is 3. The van der Waals surface area contributed by atoms with Gasteiger partial charge in [0.1, 0.15) is 6.04 Å². The minimum absolute atomic E-state index is 0.0955. The van der Waals surface area contributed by atoms with Gasteiger partial charge in [-0.3, -0.25) is 29.6 Å². The van der Waals surface area contributed by atoms with Gasteiger partial charge in [-0.25, -0.2) is 0 Å². The molecule has 4 aliphatic rings. The summed E-state index contributed by atoms with van der Waals surface area (Å²) in [6.07, 6.45) is 8.34. The number of nitrogens with one attached hydrogen (secondary N) is 1. The molecule has 3 N–H and O–H groups in total. The number of carbonyl (C=O) groups is 3. The first-order valence-electron chi connectivity index (χ1n) is 14.0. The maximum Gasteiger partial charge on any atom is 0.255 e. The Balaban J connectivity index is 1.09. The molecular formula is C31H34ClN5O3. The normalized spacial score (nSPS) is 22.7. The van der Waals surface area contributed by atoms with Gasteiger partial charge in [0.15, 0.2) is 0 Å². The number of benzene rings is 2. The van der Waals surface area contributed by atoms with Gasteiger partial charge in [0.05, 0.1) is 6.54 Å². The van der Waals surface area contributed by atoms with E-state index in [-0.39, 0.29) is 29.6 Å². The van der Waals surface area contributed by atoms with Gasteiger partial charge >= 0.3 is 0 Å². The molecule has 3 heterocycles. The molecule has 208 valence electrons. The number of hydrogen-bond acceptors (Lipinski definition) is 6. The van der Waals surface area contributed by atoms with E-state index in [1.54, 1.807) is 11.1 Å². The lowest BCUT2D eigenvalue weighted by molar-refractivity contribution is -0.136. The number of imide groups is 1. The molecule has 2 saturated heterocycles. The van der Waals surface area contributed by atoms with Crippen LogP contribution in [0.2, 0.25) is 5.02 Å². The van der Waals surface area contributed by atoms with Crippen molar-refractivity contribution >= 4 is 35.5 Å². The van der Waals surface area contributed by atoms with Gasteiger partial charge in [-0.2, -0.15) is 0 Å². The quantitative estimate of drug-likeness (QED) is 0.416. The first kappa shape index (κ1) is 26.7. The third kappa shape index (κ3) is 4.95. The van der Waals surface area contributed by atoms with Gasteiger partial charge in [0.25, 0.3) is 5.91 Å². The SMILES string of the molecule is N/C=C(\C=NCc1ccc(Cl)cc1)CN1CCC2(CCc3c2ccc2c3CN(C3CCC(=O)NC3=O)C2=O)CC1. The number of nitrogens with zero attached hydrogens (tertiary/aromatic N) is 3. The van der Waals surface area contributed by atoms with Crippen molar-refractivity contribution in [3.8, 4) is 0 Å². The Bertz CT molecular complexity index is 1410. The summed E-state index contributed by atoms with van der Waals surface area (Å²) >= 11 is 5.97. The standard InChI is InChI=1S/C31H34ClN5O3/c32-22-3-1-20(2-4-22)16-34-17-21(15-33)18-36-13-11-31(12-14-36)10-9-23-25-19-37(27-7-8-28(38)35-29(27)39)30(40)24(25)5-6-26(23)31/h1-6,15,17,27H,7-14,16,18-19,33H2,(H,35,38,39)/b21-15+,34-17?. The fourth-order valence-electron chi connectivity index (χ4n) is 6.89. The summed E-state index contributed by atoms with van der Waals surface area (Å²) in [6, 6.07) is 11.3. The zero-order valence-electron chi connectivity index (χ0n) is 22.5. The number of aliphatic imine (C=N–C) groups is 1. The van der Waals surface area contributed by atoms with Crippen molar-refractivity contribution in [2.75, 3.05) is 19.6 Å².